The van der Waals surface area contributed by atoms with E-state index in [9.17, 15) is 9.59 Å². The summed E-state index contributed by atoms with van der Waals surface area (Å²) in [5.41, 5.74) is 1.99. The van der Waals surface area contributed by atoms with E-state index in [1.165, 1.54) is 12.7 Å². The lowest BCUT2D eigenvalue weighted by atomic mass is 10.1. The number of aryl methyl sites for hydroxylation is 1. The highest BCUT2D eigenvalue weighted by molar-refractivity contribution is 5.92. The van der Waals surface area contributed by atoms with Gasteiger partial charge in [-0.05, 0) is 30.7 Å². The van der Waals surface area contributed by atoms with Crippen molar-refractivity contribution in [1.82, 2.24) is 4.90 Å². The molecule has 0 atom stereocenters. The van der Waals surface area contributed by atoms with Crippen molar-refractivity contribution in [2.75, 3.05) is 32.1 Å². The Morgan fingerprint density at radius 3 is 2.30 bits per heavy atom. The zero-order chi connectivity index (χ0) is 15.0. The number of nitrogens with one attached hydrogen (secondary N) is 1. The number of hydrogen-bond acceptors (Lipinski definition) is 4. The Kier molecular flexibility index (Phi) is 6.73. The highest BCUT2D eigenvalue weighted by Crippen LogP contribution is 2.09. The molecule has 0 aliphatic carbocycles. The van der Waals surface area contributed by atoms with E-state index in [1.807, 2.05) is 31.2 Å². The van der Waals surface area contributed by atoms with Gasteiger partial charge in [-0.1, -0.05) is 26.0 Å². The minimum absolute atomic E-state index is 0.120. The van der Waals surface area contributed by atoms with Crippen LogP contribution in [0.25, 0.3) is 0 Å². The van der Waals surface area contributed by atoms with Crippen molar-refractivity contribution in [3.05, 3.63) is 29.8 Å². The molecule has 0 aliphatic heterocycles. The van der Waals surface area contributed by atoms with Crippen LogP contribution in [0.3, 0.4) is 0 Å². The van der Waals surface area contributed by atoms with E-state index in [0.717, 1.165) is 12.1 Å². The Bertz CT molecular complexity index is 443. The first-order valence-corrected chi connectivity index (χ1v) is 6.77. The topological polar surface area (TPSA) is 58.6 Å². The van der Waals surface area contributed by atoms with Crippen LogP contribution in [0.1, 0.15) is 19.4 Å². The first-order valence-electron chi connectivity index (χ1n) is 6.77. The number of carbonyl (C=O) groups excluding carboxylic acids is 2. The molecule has 0 spiro atoms. The van der Waals surface area contributed by atoms with Gasteiger partial charge in [0.05, 0.1) is 20.2 Å². The van der Waals surface area contributed by atoms with Crippen molar-refractivity contribution in [2.45, 2.75) is 20.3 Å². The molecule has 110 valence electrons. The molecule has 5 heteroatoms. The summed E-state index contributed by atoms with van der Waals surface area (Å²) in [4.78, 5) is 24.8. The maximum absolute atomic E-state index is 11.9. The largest absolute Gasteiger partial charge is 0.468 e. The number of amides is 1. The molecule has 0 fully saturated rings. The van der Waals surface area contributed by atoms with Gasteiger partial charge in [-0.2, -0.15) is 0 Å². The number of carbonyl (C=O) groups is 2. The fourth-order valence-corrected chi connectivity index (χ4v) is 1.75. The van der Waals surface area contributed by atoms with Crippen molar-refractivity contribution in [2.24, 2.45) is 0 Å². The summed E-state index contributed by atoms with van der Waals surface area (Å²) in [6.45, 7) is 4.87. The Morgan fingerprint density at radius 1 is 1.15 bits per heavy atom. The zero-order valence-corrected chi connectivity index (χ0v) is 12.3. The summed E-state index contributed by atoms with van der Waals surface area (Å²) in [6, 6.07) is 7.74. The van der Waals surface area contributed by atoms with E-state index >= 15 is 0 Å². The van der Waals surface area contributed by atoms with E-state index in [4.69, 9.17) is 0 Å². The number of nitrogens with zero attached hydrogens (tertiary/aromatic N) is 1. The number of methoxy groups -OCH3 is 1. The smallest absolute Gasteiger partial charge is 0.319 e. The highest BCUT2D eigenvalue weighted by Gasteiger charge is 2.13. The van der Waals surface area contributed by atoms with Crippen LogP contribution in [0.5, 0.6) is 0 Å². The normalized spacial score (nSPS) is 10.4. The predicted octanol–water partition coefficient (Wildman–Crippen LogP) is 1.68. The first-order chi connectivity index (χ1) is 9.58. The Labute approximate surface area is 119 Å². The first kappa shape index (κ1) is 16.2. The molecule has 1 aromatic carbocycles. The van der Waals surface area contributed by atoms with Crippen molar-refractivity contribution in [3.8, 4) is 0 Å². The maximum atomic E-state index is 11.9. The molecule has 0 heterocycles. The Morgan fingerprint density at radius 2 is 1.80 bits per heavy atom. The number of rotatable bonds is 7. The standard InChI is InChI=1S/C15H22N2O3/c1-4-12-6-8-13(9-7-12)16-14(18)10-17(5-2)11-15(19)20-3/h6-9H,4-5,10-11H2,1-3H3,(H,16,18). The van der Waals surface area contributed by atoms with E-state index in [-0.39, 0.29) is 25.0 Å². The number of likely N-dealkylation sites (N-methyl/N-ethyl adjacent to an activating group) is 1. The fourth-order valence-electron chi connectivity index (χ4n) is 1.75. The molecule has 0 radical (unpaired) electrons. The lowest BCUT2D eigenvalue weighted by molar-refractivity contribution is -0.142. The molecule has 0 unspecified atom stereocenters. The minimum atomic E-state index is -0.341. The van der Waals surface area contributed by atoms with E-state index in [2.05, 4.69) is 17.0 Å². The Hall–Kier alpha value is -1.88. The fraction of sp³-hybridized carbons (Fsp3) is 0.467. The zero-order valence-electron chi connectivity index (χ0n) is 12.3. The highest BCUT2D eigenvalue weighted by atomic mass is 16.5. The summed E-state index contributed by atoms with van der Waals surface area (Å²) in [6.07, 6.45) is 0.969. The molecule has 1 N–H and O–H groups in total. The van der Waals surface area contributed by atoms with Gasteiger partial charge in [0, 0.05) is 5.69 Å². The molecule has 0 aromatic heterocycles. The lowest BCUT2D eigenvalue weighted by Gasteiger charge is -2.18. The predicted molar refractivity (Wildman–Crippen MR) is 78.6 cm³/mol. The van der Waals surface area contributed by atoms with E-state index < -0.39 is 0 Å². The van der Waals surface area contributed by atoms with Crippen LogP contribution in [0.4, 0.5) is 5.69 Å². The molecule has 1 amide bonds. The molecule has 0 saturated heterocycles. The van der Waals surface area contributed by atoms with Crippen molar-refractivity contribution in [3.63, 3.8) is 0 Å². The van der Waals surface area contributed by atoms with Crippen molar-refractivity contribution < 1.29 is 14.3 Å². The third-order valence-electron chi connectivity index (χ3n) is 3.04. The molecule has 1 rings (SSSR count). The monoisotopic (exact) mass is 278 g/mol. The summed E-state index contributed by atoms with van der Waals surface area (Å²) < 4.78 is 4.60. The van der Waals surface area contributed by atoms with Gasteiger partial charge in [0.2, 0.25) is 5.91 Å². The lowest BCUT2D eigenvalue weighted by Crippen LogP contribution is -2.37. The number of esters is 1. The number of benzene rings is 1. The van der Waals surface area contributed by atoms with Gasteiger partial charge in [-0.25, -0.2) is 0 Å². The van der Waals surface area contributed by atoms with Crippen molar-refractivity contribution >= 4 is 17.6 Å². The van der Waals surface area contributed by atoms with Crippen LogP contribution >= 0.6 is 0 Å². The average Bonchev–Trinajstić information content (AvgIpc) is 2.47. The van der Waals surface area contributed by atoms with Gasteiger partial charge < -0.3 is 10.1 Å². The second kappa shape index (κ2) is 8.32. The molecule has 0 bridgehead atoms. The molecular weight excluding hydrogens is 256 g/mol. The van der Waals surface area contributed by atoms with Gasteiger partial charge in [-0.3, -0.25) is 14.5 Å². The molecule has 1 aromatic rings. The summed E-state index contributed by atoms with van der Waals surface area (Å²) in [5, 5.41) is 2.82. The summed E-state index contributed by atoms with van der Waals surface area (Å²) in [5.74, 6) is -0.480. The van der Waals surface area contributed by atoms with E-state index in [1.54, 1.807) is 4.90 Å². The van der Waals surface area contributed by atoms with Gasteiger partial charge in [-0.15, -0.1) is 0 Å². The quantitative estimate of drug-likeness (QED) is 0.771. The average molecular weight is 278 g/mol. The van der Waals surface area contributed by atoms with Crippen LogP contribution in [-0.4, -0.2) is 43.5 Å². The number of hydrogen-bond donors (Lipinski definition) is 1. The molecule has 5 nitrogen and oxygen atoms in total. The number of ether oxygens (including phenoxy) is 1. The molecular formula is C15H22N2O3. The SMILES string of the molecule is CCc1ccc(NC(=O)CN(CC)CC(=O)OC)cc1. The van der Waals surface area contributed by atoms with Crippen LogP contribution in [0.15, 0.2) is 24.3 Å². The van der Waals surface area contributed by atoms with Crippen molar-refractivity contribution in [1.29, 1.82) is 0 Å². The third-order valence-corrected chi connectivity index (χ3v) is 3.04. The van der Waals surface area contributed by atoms with Crippen LogP contribution in [-0.2, 0) is 20.7 Å². The molecule has 0 aliphatic rings. The van der Waals surface area contributed by atoms with Crippen LogP contribution in [0.2, 0.25) is 0 Å². The van der Waals surface area contributed by atoms with Crippen LogP contribution < -0.4 is 5.32 Å². The summed E-state index contributed by atoms with van der Waals surface area (Å²) >= 11 is 0. The van der Waals surface area contributed by atoms with Gasteiger partial charge in [0.15, 0.2) is 0 Å². The van der Waals surface area contributed by atoms with Crippen LogP contribution in [0, 0.1) is 0 Å². The summed E-state index contributed by atoms with van der Waals surface area (Å²) in [7, 11) is 1.34. The van der Waals surface area contributed by atoms with Gasteiger partial charge in [0.25, 0.3) is 0 Å². The van der Waals surface area contributed by atoms with Gasteiger partial charge in [0.1, 0.15) is 0 Å². The second-order valence-corrected chi connectivity index (χ2v) is 4.48. The Balaban J connectivity index is 2.50. The third kappa shape index (κ3) is 5.40. The van der Waals surface area contributed by atoms with Gasteiger partial charge >= 0.3 is 5.97 Å². The number of anilines is 1. The second-order valence-electron chi connectivity index (χ2n) is 4.48. The molecule has 0 saturated carbocycles. The maximum Gasteiger partial charge on any atom is 0.319 e. The van der Waals surface area contributed by atoms with E-state index in [0.29, 0.717) is 6.54 Å². The molecule has 20 heavy (non-hydrogen) atoms. The minimum Gasteiger partial charge on any atom is -0.468 e.